The SMILES string of the molecule is CC(C)(C)c1c(C(F)(F)F)cc(C(c2ccccc2)c2cc(NC(=O)[C@H]3[C@H](c4cc(Cl)cc(Cl)c4)C3(Cl)Cl)ccc2Cl)nc1NC(=O)[O-]. The maximum absolute atomic E-state index is 14.6. The number of rotatable bonds is 7. The van der Waals surface area contributed by atoms with Crippen LogP contribution in [0.25, 0.3) is 0 Å². The zero-order chi connectivity index (χ0) is 35.3. The van der Waals surface area contributed by atoms with Crippen LogP contribution in [0.4, 0.5) is 29.5 Å². The molecule has 3 aromatic carbocycles. The maximum atomic E-state index is 14.6. The van der Waals surface area contributed by atoms with Gasteiger partial charge < -0.3 is 20.5 Å². The van der Waals surface area contributed by atoms with Gasteiger partial charge in [0.05, 0.1) is 23.1 Å². The first kappa shape index (κ1) is 36.1. The number of hydrogen-bond acceptors (Lipinski definition) is 4. The van der Waals surface area contributed by atoms with Gasteiger partial charge in [-0.3, -0.25) is 4.79 Å². The van der Waals surface area contributed by atoms with Crippen LogP contribution >= 0.6 is 58.0 Å². The van der Waals surface area contributed by atoms with Crippen LogP contribution in [0.1, 0.15) is 66.1 Å². The quantitative estimate of drug-likeness (QED) is 0.184. The molecule has 1 aromatic heterocycles. The van der Waals surface area contributed by atoms with E-state index in [1.54, 1.807) is 42.5 Å². The Morgan fingerprint density at radius 2 is 1.52 bits per heavy atom. The van der Waals surface area contributed by atoms with Crippen molar-refractivity contribution in [2.75, 3.05) is 10.6 Å². The molecule has 5 rings (SSSR count). The molecule has 1 aliphatic rings. The number of pyridine rings is 1. The van der Waals surface area contributed by atoms with Gasteiger partial charge in [0.25, 0.3) is 0 Å². The van der Waals surface area contributed by atoms with Crippen LogP contribution in [-0.2, 0) is 16.4 Å². The molecule has 2 N–H and O–H groups in total. The molecule has 0 saturated heterocycles. The minimum Gasteiger partial charge on any atom is -0.530 e. The van der Waals surface area contributed by atoms with Gasteiger partial charge >= 0.3 is 6.18 Å². The summed E-state index contributed by atoms with van der Waals surface area (Å²) in [6.07, 6.45) is -6.71. The van der Waals surface area contributed by atoms with Crippen LogP contribution in [-0.4, -0.2) is 21.3 Å². The summed E-state index contributed by atoms with van der Waals surface area (Å²) in [5, 5.41) is 17.2. The molecule has 1 heterocycles. The second-order valence-corrected chi connectivity index (χ2v) is 15.1. The van der Waals surface area contributed by atoms with Crippen molar-refractivity contribution in [1.29, 1.82) is 0 Å². The number of nitrogens with zero attached hydrogens (tertiary/aromatic N) is 1. The van der Waals surface area contributed by atoms with Gasteiger partial charge in [-0.05, 0) is 64.6 Å². The third kappa shape index (κ3) is 7.50. The molecular weight excluding hydrogens is 733 g/mol. The Labute approximate surface area is 299 Å². The summed E-state index contributed by atoms with van der Waals surface area (Å²) < 4.78 is 42.5. The Bertz CT molecular complexity index is 1880. The molecule has 1 saturated carbocycles. The van der Waals surface area contributed by atoms with Crippen LogP contribution in [0.5, 0.6) is 0 Å². The fraction of sp³-hybridized carbons (Fsp3) is 0.265. The highest BCUT2D eigenvalue weighted by Gasteiger charge is 2.67. The Balaban J connectivity index is 1.61. The molecule has 252 valence electrons. The highest BCUT2D eigenvalue weighted by atomic mass is 35.5. The van der Waals surface area contributed by atoms with Gasteiger partial charge in [-0.1, -0.05) is 85.9 Å². The standard InChI is InChI=1S/C34H27Cl5F3N3O3/c1-32(2,3)27-22(34(40,41)42)15-24(44-29(27)45-31(47)48)25(16-7-5-4-6-8-16)21-14-20(9-10-23(21)37)43-30(46)28-26(33(28,38)39)17-11-18(35)13-19(36)12-17/h4-15,25-26,28H,1-3H3,(H,43,46)(H,44,45)(H,47,48)/p-1/t25?,26-,28+/m0/s1. The van der Waals surface area contributed by atoms with Crippen molar-refractivity contribution in [2.24, 2.45) is 5.92 Å². The highest BCUT2D eigenvalue weighted by molar-refractivity contribution is 6.53. The first-order valence-corrected chi connectivity index (χ1v) is 16.3. The number of alkyl halides is 5. The van der Waals surface area contributed by atoms with Gasteiger partial charge in [0.15, 0.2) is 0 Å². The van der Waals surface area contributed by atoms with Crippen LogP contribution in [0, 0.1) is 5.92 Å². The fourth-order valence-electron chi connectivity index (χ4n) is 5.92. The average molecular weight is 759 g/mol. The smallest absolute Gasteiger partial charge is 0.416 e. The van der Waals surface area contributed by atoms with E-state index in [0.29, 0.717) is 21.2 Å². The Morgan fingerprint density at radius 1 is 0.896 bits per heavy atom. The molecule has 0 aliphatic heterocycles. The second kappa shape index (κ2) is 13.2. The number of aromatic nitrogens is 1. The lowest BCUT2D eigenvalue weighted by Crippen LogP contribution is -2.32. The van der Waals surface area contributed by atoms with Crippen molar-refractivity contribution >= 4 is 81.5 Å². The number of carboxylic acid groups (broad SMARTS) is 1. The summed E-state index contributed by atoms with van der Waals surface area (Å²) >= 11 is 32.0. The van der Waals surface area contributed by atoms with E-state index < -0.39 is 57.1 Å². The Hall–Kier alpha value is -3.21. The number of anilines is 2. The number of carbonyl (C=O) groups is 2. The van der Waals surface area contributed by atoms with E-state index in [-0.39, 0.29) is 27.5 Å². The third-order valence-corrected chi connectivity index (χ3v) is 9.62. The summed E-state index contributed by atoms with van der Waals surface area (Å²) in [6.45, 7) is 4.54. The van der Waals surface area contributed by atoms with Crippen molar-refractivity contribution in [3.8, 4) is 0 Å². The topological polar surface area (TPSA) is 94.2 Å². The molecule has 3 atom stereocenters. The molecule has 6 nitrogen and oxygen atoms in total. The summed E-state index contributed by atoms with van der Waals surface area (Å²) in [6, 6.07) is 18.6. The Kier molecular flexibility index (Phi) is 9.96. The monoisotopic (exact) mass is 756 g/mol. The first-order valence-electron chi connectivity index (χ1n) is 14.4. The van der Waals surface area contributed by atoms with Crippen LogP contribution in [0.2, 0.25) is 15.1 Å². The highest BCUT2D eigenvalue weighted by Crippen LogP contribution is 2.65. The van der Waals surface area contributed by atoms with Crippen molar-refractivity contribution in [1.82, 2.24) is 4.98 Å². The zero-order valence-corrected chi connectivity index (χ0v) is 29.1. The first-order chi connectivity index (χ1) is 22.3. The number of carbonyl (C=O) groups excluding carboxylic acids is 2. The molecule has 2 amide bonds. The van der Waals surface area contributed by atoms with E-state index in [9.17, 15) is 27.9 Å². The lowest BCUT2D eigenvalue weighted by Gasteiger charge is -2.29. The normalized spacial score (nSPS) is 17.8. The zero-order valence-electron chi connectivity index (χ0n) is 25.4. The second-order valence-electron chi connectivity index (χ2n) is 12.4. The van der Waals surface area contributed by atoms with E-state index >= 15 is 0 Å². The molecule has 1 unspecified atom stereocenters. The molecule has 14 heteroatoms. The summed E-state index contributed by atoms with van der Waals surface area (Å²) in [5.41, 5.74) is -1.17. The van der Waals surface area contributed by atoms with Crippen LogP contribution < -0.4 is 15.7 Å². The molecule has 1 aliphatic carbocycles. The summed E-state index contributed by atoms with van der Waals surface area (Å²) in [5.74, 6) is -3.61. The molecule has 0 radical (unpaired) electrons. The van der Waals surface area contributed by atoms with E-state index in [2.05, 4.69) is 10.3 Å². The fourth-order valence-corrected chi connectivity index (χ4v) is 7.52. The van der Waals surface area contributed by atoms with Gasteiger partial charge in [0.1, 0.15) is 16.2 Å². The molecule has 0 bridgehead atoms. The average Bonchev–Trinajstić information content (AvgIpc) is 3.55. The molecule has 0 spiro atoms. The van der Waals surface area contributed by atoms with Crippen molar-refractivity contribution in [2.45, 2.75) is 48.5 Å². The van der Waals surface area contributed by atoms with Crippen molar-refractivity contribution in [3.05, 3.63) is 121 Å². The largest absolute Gasteiger partial charge is 0.530 e. The van der Waals surface area contributed by atoms with Gasteiger partial charge in [0, 0.05) is 32.2 Å². The number of benzene rings is 3. The maximum Gasteiger partial charge on any atom is 0.416 e. The minimum atomic E-state index is -4.88. The van der Waals surface area contributed by atoms with Gasteiger partial charge in [-0.25, -0.2) is 4.98 Å². The van der Waals surface area contributed by atoms with Gasteiger partial charge in [0.2, 0.25) is 5.91 Å². The number of nitrogens with one attached hydrogen (secondary N) is 2. The van der Waals surface area contributed by atoms with E-state index in [1.807, 2.05) is 5.32 Å². The predicted molar refractivity (Wildman–Crippen MR) is 182 cm³/mol. The van der Waals surface area contributed by atoms with Gasteiger partial charge in [-0.2, -0.15) is 13.2 Å². The molecule has 48 heavy (non-hydrogen) atoms. The lowest BCUT2D eigenvalue weighted by molar-refractivity contribution is -0.242. The molecule has 1 fully saturated rings. The van der Waals surface area contributed by atoms with E-state index in [4.69, 9.17) is 58.0 Å². The molecular formula is C34H26Cl5F3N3O3-. The number of hydrogen-bond donors (Lipinski definition) is 2. The number of amides is 2. The van der Waals surface area contributed by atoms with Crippen LogP contribution in [0.15, 0.2) is 72.8 Å². The summed E-state index contributed by atoms with van der Waals surface area (Å²) in [4.78, 5) is 29.6. The van der Waals surface area contributed by atoms with E-state index in [1.165, 1.54) is 45.0 Å². The minimum absolute atomic E-state index is 0.147. The lowest BCUT2D eigenvalue weighted by atomic mass is 9.81. The number of halogens is 8. The van der Waals surface area contributed by atoms with E-state index in [0.717, 1.165) is 6.07 Å². The van der Waals surface area contributed by atoms with Crippen LogP contribution in [0.3, 0.4) is 0 Å². The summed E-state index contributed by atoms with van der Waals surface area (Å²) in [7, 11) is 0. The van der Waals surface area contributed by atoms with Crippen molar-refractivity contribution in [3.63, 3.8) is 0 Å². The predicted octanol–water partition coefficient (Wildman–Crippen LogP) is 9.82. The van der Waals surface area contributed by atoms with Crippen molar-refractivity contribution < 1.29 is 27.9 Å². The third-order valence-electron chi connectivity index (χ3n) is 7.90. The van der Waals surface area contributed by atoms with Gasteiger partial charge in [-0.15, -0.1) is 23.2 Å². The Morgan fingerprint density at radius 3 is 2.08 bits per heavy atom. The molecule has 4 aromatic rings.